The number of hydrogen-bond acceptors (Lipinski definition) is 4. The Hall–Kier alpha value is -1.16. The predicted octanol–water partition coefficient (Wildman–Crippen LogP) is 3.30. The number of unbranched alkanes of at least 4 members (excludes halogenated alkanes) is 1. The summed E-state index contributed by atoms with van der Waals surface area (Å²) in [6.07, 6.45) is 9.91. The van der Waals surface area contributed by atoms with Gasteiger partial charge in [-0.05, 0) is 50.4 Å². The number of hydrogen-bond donors (Lipinski definition) is 0. The molecule has 4 unspecified atom stereocenters. The van der Waals surface area contributed by atoms with Crippen molar-refractivity contribution in [3.63, 3.8) is 0 Å². The monoisotopic (exact) mass is 308 g/mol. The van der Waals surface area contributed by atoms with E-state index >= 15 is 0 Å². The van der Waals surface area contributed by atoms with Crippen LogP contribution in [0.3, 0.4) is 0 Å². The molecule has 4 nitrogen and oxygen atoms in total. The van der Waals surface area contributed by atoms with Crippen molar-refractivity contribution in [3.05, 3.63) is 11.6 Å². The highest BCUT2D eigenvalue weighted by Gasteiger charge is 2.47. The maximum absolute atomic E-state index is 11.4. The van der Waals surface area contributed by atoms with E-state index in [1.807, 2.05) is 0 Å². The van der Waals surface area contributed by atoms with Gasteiger partial charge in [0, 0.05) is 18.9 Å². The Kier molecular flexibility index (Phi) is 6.62. The maximum atomic E-state index is 11.4. The molecule has 0 aromatic carbocycles. The molecule has 2 fully saturated rings. The number of allylic oxidation sites excluding steroid dienone is 2. The average Bonchev–Trinajstić information content (AvgIpc) is 3.07. The summed E-state index contributed by atoms with van der Waals surface area (Å²) in [4.78, 5) is 22.6. The molecule has 0 aliphatic heterocycles. The third kappa shape index (κ3) is 3.97. The number of rotatable bonds is 8. The molecule has 0 heterocycles. The summed E-state index contributed by atoms with van der Waals surface area (Å²) in [7, 11) is 1.43. The van der Waals surface area contributed by atoms with Crippen LogP contribution >= 0.6 is 0 Å². The van der Waals surface area contributed by atoms with Crippen LogP contribution in [0.2, 0.25) is 0 Å². The highest BCUT2D eigenvalue weighted by atomic mass is 16.5. The van der Waals surface area contributed by atoms with E-state index in [1.54, 1.807) is 0 Å². The maximum Gasteiger partial charge on any atom is 0.305 e. The lowest BCUT2D eigenvalue weighted by Crippen LogP contribution is -2.23. The summed E-state index contributed by atoms with van der Waals surface area (Å²) in [6.45, 7) is 2.84. The Balaban J connectivity index is 1.88. The second-order valence-electron chi connectivity index (χ2n) is 6.41. The molecule has 0 saturated heterocycles. The lowest BCUT2D eigenvalue weighted by molar-refractivity contribution is -0.140. The summed E-state index contributed by atoms with van der Waals surface area (Å²) in [5, 5.41) is 0. The second-order valence-corrected chi connectivity index (χ2v) is 6.41. The van der Waals surface area contributed by atoms with E-state index in [-0.39, 0.29) is 18.0 Å². The van der Waals surface area contributed by atoms with Crippen molar-refractivity contribution < 1.29 is 19.1 Å². The topological polar surface area (TPSA) is 52.6 Å². The van der Waals surface area contributed by atoms with Crippen molar-refractivity contribution in [1.29, 1.82) is 0 Å². The second kappa shape index (κ2) is 8.47. The Morgan fingerprint density at radius 3 is 2.91 bits per heavy atom. The van der Waals surface area contributed by atoms with Crippen LogP contribution in [0.5, 0.6) is 0 Å². The van der Waals surface area contributed by atoms with Crippen molar-refractivity contribution in [2.75, 3.05) is 13.7 Å². The van der Waals surface area contributed by atoms with Gasteiger partial charge >= 0.3 is 5.97 Å². The molecule has 0 aromatic heterocycles. The van der Waals surface area contributed by atoms with Gasteiger partial charge in [0.1, 0.15) is 6.29 Å². The molecule has 0 radical (unpaired) electrons. The van der Waals surface area contributed by atoms with Crippen molar-refractivity contribution >= 4 is 12.3 Å². The van der Waals surface area contributed by atoms with Crippen molar-refractivity contribution in [2.24, 2.45) is 17.8 Å². The lowest BCUT2D eigenvalue weighted by Gasteiger charge is -2.18. The van der Waals surface area contributed by atoms with Crippen LogP contribution in [0.25, 0.3) is 0 Å². The van der Waals surface area contributed by atoms with Crippen LogP contribution in [-0.2, 0) is 19.1 Å². The van der Waals surface area contributed by atoms with Gasteiger partial charge in [0.25, 0.3) is 0 Å². The molecular weight excluding hydrogens is 280 g/mol. The summed E-state index contributed by atoms with van der Waals surface area (Å²) >= 11 is 0. The van der Waals surface area contributed by atoms with Crippen LogP contribution in [0, 0.1) is 17.8 Å². The molecule has 2 saturated carbocycles. The quantitative estimate of drug-likeness (QED) is 0.299. The molecule has 2 aliphatic carbocycles. The number of carbonyl (C=O) groups excluding carboxylic acids is 2. The summed E-state index contributed by atoms with van der Waals surface area (Å²) in [6, 6.07) is 0. The summed E-state index contributed by atoms with van der Waals surface area (Å²) < 4.78 is 10.5. The number of methoxy groups -OCH3 is 1. The normalized spacial score (nSPS) is 32.2. The summed E-state index contributed by atoms with van der Waals surface area (Å²) in [5.74, 6) is 0.900. The highest BCUT2D eigenvalue weighted by molar-refractivity contribution is 5.69. The first-order valence-corrected chi connectivity index (χ1v) is 8.53. The van der Waals surface area contributed by atoms with Crippen molar-refractivity contribution in [1.82, 2.24) is 0 Å². The van der Waals surface area contributed by atoms with E-state index < -0.39 is 0 Å². The third-order valence-electron chi connectivity index (χ3n) is 5.08. The Morgan fingerprint density at radius 2 is 2.23 bits per heavy atom. The molecule has 0 spiro atoms. The van der Waals surface area contributed by atoms with E-state index in [2.05, 4.69) is 17.7 Å². The Morgan fingerprint density at radius 1 is 1.41 bits per heavy atom. The molecule has 0 N–H and O–H groups in total. The Bertz CT molecular complexity index is 415. The molecule has 2 aliphatic rings. The minimum atomic E-state index is -0.141. The first-order valence-electron chi connectivity index (χ1n) is 8.53. The van der Waals surface area contributed by atoms with Gasteiger partial charge in [-0.1, -0.05) is 18.6 Å². The smallest absolute Gasteiger partial charge is 0.305 e. The minimum absolute atomic E-state index is 0.0671. The van der Waals surface area contributed by atoms with Crippen LogP contribution in [0.4, 0.5) is 0 Å². The molecule has 22 heavy (non-hydrogen) atoms. The van der Waals surface area contributed by atoms with Gasteiger partial charge in [-0.3, -0.25) is 4.79 Å². The van der Waals surface area contributed by atoms with Crippen LogP contribution in [0.15, 0.2) is 11.6 Å². The van der Waals surface area contributed by atoms with Crippen LogP contribution < -0.4 is 0 Å². The van der Waals surface area contributed by atoms with E-state index in [4.69, 9.17) is 4.74 Å². The molecule has 2 rings (SSSR count). The molecule has 4 heteroatoms. The largest absolute Gasteiger partial charge is 0.469 e. The molecule has 0 amide bonds. The van der Waals surface area contributed by atoms with Gasteiger partial charge in [-0.15, -0.1) is 0 Å². The first-order chi connectivity index (χ1) is 10.7. The van der Waals surface area contributed by atoms with Gasteiger partial charge in [0.2, 0.25) is 0 Å². The van der Waals surface area contributed by atoms with E-state index in [0.717, 1.165) is 51.4 Å². The van der Waals surface area contributed by atoms with Gasteiger partial charge in [0.05, 0.1) is 13.2 Å². The number of aldehydes is 1. The predicted molar refractivity (Wildman–Crippen MR) is 84.4 cm³/mol. The van der Waals surface area contributed by atoms with Crippen molar-refractivity contribution in [2.45, 2.75) is 58.0 Å². The zero-order valence-electron chi connectivity index (χ0n) is 13.8. The molecule has 0 aromatic rings. The third-order valence-corrected chi connectivity index (χ3v) is 5.08. The van der Waals surface area contributed by atoms with E-state index in [0.29, 0.717) is 18.3 Å². The SMILES string of the molecule is CCCOC1CC2C(=CCCCC(=O)OC)CCC2C1C=O. The van der Waals surface area contributed by atoms with E-state index in [1.165, 1.54) is 12.7 Å². The fourth-order valence-corrected chi connectivity index (χ4v) is 3.99. The zero-order chi connectivity index (χ0) is 15.9. The first kappa shape index (κ1) is 17.2. The minimum Gasteiger partial charge on any atom is -0.469 e. The lowest BCUT2D eigenvalue weighted by atomic mass is 9.91. The highest BCUT2D eigenvalue weighted by Crippen LogP contribution is 2.50. The molecule has 0 bridgehead atoms. The fourth-order valence-electron chi connectivity index (χ4n) is 3.99. The molecule has 124 valence electrons. The van der Waals surface area contributed by atoms with Gasteiger partial charge in [0.15, 0.2) is 0 Å². The number of ether oxygens (including phenoxy) is 2. The number of fused-ring (bicyclic) bond motifs is 1. The van der Waals surface area contributed by atoms with Gasteiger partial charge in [-0.2, -0.15) is 0 Å². The van der Waals surface area contributed by atoms with Gasteiger partial charge in [-0.25, -0.2) is 0 Å². The fraction of sp³-hybridized carbons (Fsp3) is 0.778. The summed E-state index contributed by atoms with van der Waals surface area (Å²) in [5.41, 5.74) is 1.48. The molecule has 4 atom stereocenters. The number of carbonyl (C=O) groups is 2. The number of esters is 1. The van der Waals surface area contributed by atoms with Gasteiger partial charge < -0.3 is 14.3 Å². The Labute approximate surface area is 133 Å². The molecular formula is C18H28O4. The zero-order valence-corrected chi connectivity index (χ0v) is 13.8. The van der Waals surface area contributed by atoms with Crippen molar-refractivity contribution in [3.8, 4) is 0 Å². The van der Waals surface area contributed by atoms with E-state index in [9.17, 15) is 9.59 Å². The standard InChI is InChI=1S/C18H28O4/c1-3-10-22-17-11-15-13(6-4-5-7-18(20)21-2)8-9-14(15)16(17)12-19/h6,12,14-17H,3-5,7-11H2,1-2H3. The van der Waals surface area contributed by atoms with Crippen LogP contribution in [-0.4, -0.2) is 32.1 Å². The van der Waals surface area contributed by atoms with Crippen LogP contribution in [0.1, 0.15) is 51.9 Å². The average molecular weight is 308 g/mol.